The maximum absolute atomic E-state index is 13.2. The Morgan fingerprint density at radius 2 is 1.67 bits per heavy atom. The Hall–Kier alpha value is -3.37. The Kier molecular flexibility index (Phi) is 7.04. The second kappa shape index (κ2) is 9.90. The van der Waals surface area contributed by atoms with Crippen molar-refractivity contribution in [2.24, 2.45) is 0 Å². The molecule has 3 rings (SSSR count). The molecule has 0 bridgehead atoms. The summed E-state index contributed by atoms with van der Waals surface area (Å²) in [4.78, 5) is 25.4. The normalized spacial score (nSPS) is 11.1. The number of carbonyl (C=O) groups excluding carboxylic acids is 2. The van der Waals surface area contributed by atoms with Crippen LogP contribution in [0.3, 0.4) is 0 Å². The topological polar surface area (TPSA) is 55.4 Å². The van der Waals surface area contributed by atoms with Crippen LogP contribution in [0.25, 0.3) is 11.6 Å². The van der Waals surface area contributed by atoms with Crippen LogP contribution >= 0.6 is 11.6 Å². The van der Waals surface area contributed by atoms with Crippen LogP contribution in [-0.4, -0.2) is 18.5 Å². The molecule has 152 valence electrons. The predicted molar refractivity (Wildman–Crippen MR) is 122 cm³/mol. The maximum Gasteiger partial charge on any atom is 0.338 e. The number of anilines is 1. The molecule has 0 fully saturated rings. The van der Waals surface area contributed by atoms with Crippen LogP contribution in [0.5, 0.6) is 0 Å². The van der Waals surface area contributed by atoms with Gasteiger partial charge in [-0.05, 0) is 54.8 Å². The van der Waals surface area contributed by atoms with Crippen molar-refractivity contribution < 1.29 is 14.3 Å². The molecular weight excluding hydrogens is 398 g/mol. The fourth-order valence-corrected chi connectivity index (χ4v) is 3.23. The lowest BCUT2D eigenvalue weighted by Crippen LogP contribution is -2.16. The molecule has 0 atom stereocenters. The van der Waals surface area contributed by atoms with Gasteiger partial charge in [0.1, 0.15) is 0 Å². The minimum absolute atomic E-state index is 0.285. The Morgan fingerprint density at radius 3 is 2.37 bits per heavy atom. The van der Waals surface area contributed by atoms with Crippen molar-refractivity contribution in [3.05, 3.63) is 100 Å². The Labute approximate surface area is 181 Å². The average molecular weight is 420 g/mol. The molecule has 5 heteroatoms. The molecule has 0 aliphatic heterocycles. The van der Waals surface area contributed by atoms with Crippen molar-refractivity contribution in [1.29, 1.82) is 0 Å². The molecule has 0 aromatic heterocycles. The highest BCUT2D eigenvalue weighted by molar-refractivity contribution is 6.34. The first-order valence-electron chi connectivity index (χ1n) is 9.61. The van der Waals surface area contributed by atoms with E-state index in [1.54, 1.807) is 44.2 Å². The van der Waals surface area contributed by atoms with E-state index in [0.717, 1.165) is 11.1 Å². The standard InChI is InChI=1S/C25H22ClNO3/c1-3-30-25(29)20-13-9-15-23(17(20)2)27-24(28)21(18-10-5-4-6-11-18)16-19-12-7-8-14-22(19)26/h4-16H,3H2,1-2H3,(H,27,28)/b21-16+. The van der Waals surface area contributed by atoms with Crippen molar-refractivity contribution in [2.75, 3.05) is 11.9 Å². The molecule has 0 saturated carbocycles. The van der Waals surface area contributed by atoms with Gasteiger partial charge in [-0.25, -0.2) is 4.79 Å². The number of amides is 1. The third-order valence-electron chi connectivity index (χ3n) is 4.61. The first kappa shape index (κ1) is 21.3. The van der Waals surface area contributed by atoms with Crippen LogP contribution in [0.1, 0.15) is 34.0 Å². The van der Waals surface area contributed by atoms with Crippen LogP contribution < -0.4 is 5.32 Å². The van der Waals surface area contributed by atoms with Gasteiger partial charge in [0.2, 0.25) is 0 Å². The monoisotopic (exact) mass is 419 g/mol. The first-order valence-corrected chi connectivity index (χ1v) is 9.98. The maximum atomic E-state index is 13.2. The van der Waals surface area contributed by atoms with Gasteiger partial charge >= 0.3 is 5.97 Å². The summed E-state index contributed by atoms with van der Waals surface area (Å²) in [5, 5.41) is 3.48. The van der Waals surface area contributed by atoms with Crippen molar-refractivity contribution >= 4 is 40.8 Å². The molecule has 3 aromatic carbocycles. The largest absolute Gasteiger partial charge is 0.462 e. The van der Waals surface area contributed by atoms with Gasteiger partial charge in [-0.1, -0.05) is 66.2 Å². The van der Waals surface area contributed by atoms with Crippen molar-refractivity contribution in [2.45, 2.75) is 13.8 Å². The SMILES string of the molecule is CCOC(=O)c1cccc(NC(=O)/C(=C/c2ccccc2Cl)c2ccccc2)c1C. The number of halogens is 1. The van der Waals surface area contributed by atoms with Gasteiger partial charge in [-0.15, -0.1) is 0 Å². The fraction of sp³-hybridized carbons (Fsp3) is 0.120. The van der Waals surface area contributed by atoms with Gasteiger partial charge in [0, 0.05) is 16.3 Å². The van der Waals surface area contributed by atoms with E-state index >= 15 is 0 Å². The van der Waals surface area contributed by atoms with E-state index in [1.807, 2.05) is 48.5 Å². The second-order valence-corrected chi connectivity index (χ2v) is 7.01. The zero-order chi connectivity index (χ0) is 21.5. The lowest BCUT2D eigenvalue weighted by Gasteiger charge is -2.14. The summed E-state index contributed by atoms with van der Waals surface area (Å²) < 4.78 is 5.10. The van der Waals surface area contributed by atoms with Crippen molar-refractivity contribution in [1.82, 2.24) is 0 Å². The number of nitrogens with one attached hydrogen (secondary N) is 1. The molecular formula is C25H22ClNO3. The quantitative estimate of drug-likeness (QED) is 0.302. The van der Waals surface area contributed by atoms with E-state index in [1.165, 1.54) is 0 Å². The second-order valence-electron chi connectivity index (χ2n) is 6.60. The summed E-state index contributed by atoms with van der Waals surface area (Å²) in [5.74, 6) is -0.716. The smallest absolute Gasteiger partial charge is 0.338 e. The van der Waals surface area contributed by atoms with Crippen LogP contribution in [-0.2, 0) is 9.53 Å². The third-order valence-corrected chi connectivity index (χ3v) is 4.96. The van der Waals surface area contributed by atoms with Gasteiger partial charge in [0.15, 0.2) is 0 Å². The van der Waals surface area contributed by atoms with Gasteiger partial charge in [0.05, 0.1) is 12.2 Å². The summed E-state index contributed by atoms with van der Waals surface area (Å²) in [7, 11) is 0. The van der Waals surface area contributed by atoms with Gasteiger partial charge in [-0.3, -0.25) is 4.79 Å². The van der Waals surface area contributed by atoms with Gasteiger partial charge < -0.3 is 10.1 Å². The lowest BCUT2D eigenvalue weighted by molar-refractivity contribution is -0.111. The minimum atomic E-state index is -0.416. The Bertz CT molecular complexity index is 1090. The lowest BCUT2D eigenvalue weighted by atomic mass is 10.0. The van der Waals surface area contributed by atoms with E-state index in [2.05, 4.69) is 5.32 Å². The molecule has 1 amide bonds. The number of hydrogen-bond acceptors (Lipinski definition) is 3. The molecule has 0 aliphatic rings. The molecule has 0 heterocycles. The highest BCUT2D eigenvalue weighted by atomic mass is 35.5. The summed E-state index contributed by atoms with van der Waals surface area (Å²) in [6.45, 7) is 3.82. The Morgan fingerprint density at radius 1 is 0.967 bits per heavy atom. The van der Waals surface area contributed by atoms with Gasteiger partial charge in [0.25, 0.3) is 5.91 Å². The highest BCUT2D eigenvalue weighted by Gasteiger charge is 2.17. The number of ether oxygens (including phenoxy) is 1. The van der Waals surface area contributed by atoms with Crippen LogP contribution in [0.15, 0.2) is 72.8 Å². The predicted octanol–water partition coefficient (Wildman–Crippen LogP) is 6.00. The molecule has 30 heavy (non-hydrogen) atoms. The molecule has 4 nitrogen and oxygen atoms in total. The van der Waals surface area contributed by atoms with Crippen LogP contribution in [0.2, 0.25) is 5.02 Å². The number of hydrogen-bond donors (Lipinski definition) is 1. The Balaban J connectivity index is 1.99. The van der Waals surface area contributed by atoms with E-state index in [4.69, 9.17) is 16.3 Å². The summed E-state index contributed by atoms with van der Waals surface area (Å²) >= 11 is 6.30. The fourth-order valence-electron chi connectivity index (χ4n) is 3.04. The molecule has 0 radical (unpaired) electrons. The van der Waals surface area contributed by atoms with Crippen molar-refractivity contribution in [3.8, 4) is 0 Å². The summed E-state index contributed by atoms with van der Waals surface area (Å²) in [6.07, 6.45) is 1.76. The average Bonchev–Trinajstić information content (AvgIpc) is 2.75. The van der Waals surface area contributed by atoms with Crippen molar-refractivity contribution in [3.63, 3.8) is 0 Å². The number of benzene rings is 3. The van der Waals surface area contributed by atoms with Crippen LogP contribution in [0, 0.1) is 6.92 Å². The molecule has 3 aromatic rings. The highest BCUT2D eigenvalue weighted by Crippen LogP contribution is 2.26. The first-order chi connectivity index (χ1) is 14.5. The van der Waals surface area contributed by atoms with E-state index in [-0.39, 0.29) is 12.5 Å². The zero-order valence-corrected chi connectivity index (χ0v) is 17.6. The molecule has 0 saturated heterocycles. The van der Waals surface area contributed by atoms with Crippen LogP contribution in [0.4, 0.5) is 5.69 Å². The number of carbonyl (C=O) groups is 2. The van der Waals surface area contributed by atoms with Gasteiger partial charge in [-0.2, -0.15) is 0 Å². The molecule has 0 unspecified atom stereocenters. The molecule has 0 aliphatic carbocycles. The summed E-state index contributed by atoms with van der Waals surface area (Å²) in [5.41, 5.74) is 3.58. The van der Waals surface area contributed by atoms with E-state index in [0.29, 0.717) is 27.4 Å². The third kappa shape index (κ3) is 4.97. The minimum Gasteiger partial charge on any atom is -0.462 e. The van der Waals surface area contributed by atoms with E-state index in [9.17, 15) is 9.59 Å². The molecule has 0 spiro atoms. The number of esters is 1. The molecule has 1 N–H and O–H groups in total. The number of rotatable bonds is 6. The summed E-state index contributed by atoms with van der Waals surface area (Å²) in [6, 6.07) is 21.9. The zero-order valence-electron chi connectivity index (χ0n) is 16.8. The van der Waals surface area contributed by atoms with E-state index < -0.39 is 5.97 Å².